The monoisotopic (exact) mass is 727 g/mol. The van der Waals surface area contributed by atoms with E-state index in [4.69, 9.17) is 9.47 Å². The molecule has 52 heavy (non-hydrogen) atoms. The Kier molecular flexibility index (Phi) is 32.0. The molecule has 0 aromatic rings. The minimum absolute atomic E-state index is 0.00754. The number of carbonyl (C=O) groups is 2. The maximum Gasteiger partial charge on any atom is 0.306 e. The molecule has 1 heterocycles. The fraction of sp³-hybridized carbons (Fsp3) is 0.848. The first-order chi connectivity index (χ1) is 25.4. The second-order valence-corrected chi connectivity index (χ2v) is 15.9. The summed E-state index contributed by atoms with van der Waals surface area (Å²) in [7, 11) is 2.24. The highest BCUT2D eigenvalue weighted by molar-refractivity contribution is 5.70. The highest BCUT2D eigenvalue weighted by Gasteiger charge is 2.17. The summed E-state index contributed by atoms with van der Waals surface area (Å²) in [5, 5.41) is 0. The number of allylic oxidation sites excluding steroid dienone is 1. The van der Waals surface area contributed by atoms with Crippen molar-refractivity contribution in [3.8, 4) is 0 Å². The first kappa shape index (κ1) is 48.0. The van der Waals surface area contributed by atoms with E-state index in [0.717, 1.165) is 50.9 Å². The number of hydrogen-bond donors (Lipinski definition) is 0. The average Bonchev–Trinajstić information content (AvgIpc) is 3.12. The molecule has 6 nitrogen and oxygen atoms in total. The molecule has 0 aromatic heterocycles. The van der Waals surface area contributed by atoms with E-state index in [2.05, 4.69) is 61.4 Å². The molecule has 6 heteroatoms. The highest BCUT2D eigenvalue weighted by atomic mass is 16.5. The van der Waals surface area contributed by atoms with E-state index in [-0.39, 0.29) is 17.9 Å². The van der Waals surface area contributed by atoms with E-state index in [1.807, 2.05) is 6.08 Å². The van der Waals surface area contributed by atoms with Crippen LogP contribution in [-0.2, 0) is 19.1 Å². The summed E-state index contributed by atoms with van der Waals surface area (Å²) < 4.78 is 11.1. The zero-order valence-electron chi connectivity index (χ0n) is 34.7. The Morgan fingerprint density at radius 2 is 1.15 bits per heavy atom. The number of rotatable bonds is 34. The lowest BCUT2D eigenvalue weighted by Crippen LogP contribution is -2.44. The number of piperazine rings is 1. The van der Waals surface area contributed by atoms with Crippen LogP contribution >= 0.6 is 0 Å². The minimum atomic E-state index is -0.0964. The van der Waals surface area contributed by atoms with Gasteiger partial charge in [0.25, 0.3) is 0 Å². The van der Waals surface area contributed by atoms with Crippen molar-refractivity contribution in [1.82, 2.24) is 9.80 Å². The number of hydrogen-bond acceptors (Lipinski definition) is 6. The molecule has 1 saturated heterocycles. The van der Waals surface area contributed by atoms with Gasteiger partial charge in [-0.05, 0) is 75.4 Å². The van der Waals surface area contributed by atoms with Gasteiger partial charge in [-0.1, -0.05) is 154 Å². The van der Waals surface area contributed by atoms with Crippen molar-refractivity contribution in [3.05, 3.63) is 29.8 Å². The molecule has 0 amide bonds. The van der Waals surface area contributed by atoms with Gasteiger partial charge in [-0.15, -0.1) is 0 Å². The van der Waals surface area contributed by atoms with Crippen LogP contribution in [0.5, 0.6) is 0 Å². The van der Waals surface area contributed by atoms with Crippen LogP contribution in [0.3, 0.4) is 0 Å². The minimum Gasteiger partial charge on any atom is -0.466 e. The summed E-state index contributed by atoms with van der Waals surface area (Å²) in [6, 6.07) is 0. The summed E-state index contributed by atoms with van der Waals surface area (Å²) in [6.45, 7) is 17.3. The van der Waals surface area contributed by atoms with Crippen molar-refractivity contribution >= 4 is 11.9 Å². The number of unbranched alkanes of at least 4 members (excludes halogenated alkanes) is 14. The van der Waals surface area contributed by atoms with Crippen molar-refractivity contribution in [2.45, 2.75) is 181 Å². The predicted molar refractivity (Wildman–Crippen MR) is 220 cm³/mol. The Balaban J connectivity index is 2.22. The molecule has 1 rings (SSSR count). The summed E-state index contributed by atoms with van der Waals surface area (Å²) in [6.07, 6.45) is 30.9. The van der Waals surface area contributed by atoms with Gasteiger partial charge in [0, 0.05) is 32.6 Å². The number of nitrogens with zero attached hydrogens (tertiary/aromatic N) is 2. The number of carbonyl (C=O) groups excluding carboxylic acids is 2. The summed E-state index contributed by atoms with van der Waals surface area (Å²) in [4.78, 5) is 29.7. The van der Waals surface area contributed by atoms with Gasteiger partial charge in [0.1, 0.15) is 0 Å². The molecule has 0 bridgehead atoms. The normalized spacial score (nSPS) is 15.2. The summed E-state index contributed by atoms with van der Waals surface area (Å²) in [5.74, 6) is 1.33. The first-order valence-electron chi connectivity index (χ1n) is 22.0. The smallest absolute Gasteiger partial charge is 0.306 e. The highest BCUT2D eigenvalue weighted by Crippen LogP contribution is 2.23. The largest absolute Gasteiger partial charge is 0.466 e. The third-order valence-electron chi connectivity index (χ3n) is 10.9. The molecule has 3 atom stereocenters. The van der Waals surface area contributed by atoms with Gasteiger partial charge in [-0.25, -0.2) is 0 Å². The topological polar surface area (TPSA) is 59.1 Å². The summed E-state index contributed by atoms with van der Waals surface area (Å²) in [5.41, 5.74) is 8.30. The quantitative estimate of drug-likeness (QED) is 0.0374. The lowest BCUT2D eigenvalue weighted by molar-refractivity contribution is -0.145. The Bertz CT molecular complexity index is 986. The van der Waals surface area contributed by atoms with Crippen molar-refractivity contribution < 1.29 is 19.1 Å². The Hall–Kier alpha value is -2.06. The van der Waals surface area contributed by atoms with Gasteiger partial charge >= 0.3 is 11.9 Å². The van der Waals surface area contributed by atoms with Gasteiger partial charge < -0.3 is 19.3 Å². The molecule has 3 unspecified atom stereocenters. The molecular formula is C46H82N2O4. The number of esters is 2. The molecule has 0 spiro atoms. The van der Waals surface area contributed by atoms with Crippen molar-refractivity contribution in [2.24, 2.45) is 17.8 Å². The Labute approximate surface area is 321 Å². The third-order valence-corrected chi connectivity index (χ3v) is 10.9. The van der Waals surface area contributed by atoms with Crippen LogP contribution in [0.4, 0.5) is 0 Å². The second kappa shape index (κ2) is 34.7. The van der Waals surface area contributed by atoms with E-state index in [9.17, 15) is 9.59 Å². The van der Waals surface area contributed by atoms with Crippen LogP contribution in [0.2, 0.25) is 0 Å². The lowest BCUT2D eigenvalue weighted by Gasteiger charge is -2.33. The fourth-order valence-electron chi connectivity index (χ4n) is 7.30. The van der Waals surface area contributed by atoms with Crippen LogP contribution in [0.15, 0.2) is 29.8 Å². The van der Waals surface area contributed by atoms with Crippen molar-refractivity contribution in [2.75, 3.05) is 53.0 Å². The van der Waals surface area contributed by atoms with Crippen molar-refractivity contribution in [1.29, 1.82) is 0 Å². The van der Waals surface area contributed by atoms with Crippen LogP contribution in [0.1, 0.15) is 181 Å². The zero-order chi connectivity index (χ0) is 37.9. The van der Waals surface area contributed by atoms with Crippen LogP contribution < -0.4 is 0 Å². The van der Waals surface area contributed by atoms with Gasteiger partial charge in [0.15, 0.2) is 0 Å². The van der Waals surface area contributed by atoms with E-state index in [1.165, 1.54) is 135 Å². The molecule has 300 valence electrons. The molecule has 0 aromatic carbocycles. The van der Waals surface area contributed by atoms with E-state index in [1.54, 1.807) is 0 Å². The molecule has 0 aliphatic carbocycles. The molecule has 1 fully saturated rings. The number of likely N-dealkylation sites (N-methyl/N-ethyl adjacent to an activating group) is 1. The van der Waals surface area contributed by atoms with Crippen LogP contribution in [0, 0.1) is 17.8 Å². The van der Waals surface area contributed by atoms with E-state index < -0.39 is 0 Å². The van der Waals surface area contributed by atoms with E-state index >= 15 is 0 Å². The summed E-state index contributed by atoms with van der Waals surface area (Å²) >= 11 is 0. The molecule has 1 aliphatic heterocycles. The maximum atomic E-state index is 12.4. The standard InChI is InChI=1S/C46H82N2O4/c1-6-9-20-27-42(4)40-45(49)51-38-25-18-14-12-16-23-28-43(32-33-48-36-34-47(5)35-37-48)29-24-17-13-15-19-26-39-52-46(50)41-44(30-21-10-7-2)31-22-11-8-3/h30,42-44H,2,6,8-9,11-20,22-29,31-41H2,1,3-5H3. The van der Waals surface area contributed by atoms with Gasteiger partial charge in [0.05, 0.1) is 19.6 Å². The van der Waals surface area contributed by atoms with E-state index in [0.29, 0.717) is 32.0 Å². The molecule has 0 N–H and O–H groups in total. The SMILES string of the molecule is C=C=C=C=CC(CCCCC)CC(=O)OCCCCCCCCC(CCCCCCCCOC(=O)CC(C)CCCCC)CCN1CCN(C)CC1. The fourth-order valence-corrected chi connectivity index (χ4v) is 7.30. The molecular weight excluding hydrogens is 645 g/mol. The molecule has 1 aliphatic rings. The average molecular weight is 727 g/mol. The van der Waals surface area contributed by atoms with Gasteiger partial charge in [0.2, 0.25) is 0 Å². The van der Waals surface area contributed by atoms with Gasteiger partial charge in [-0.3, -0.25) is 9.59 Å². The predicted octanol–water partition coefficient (Wildman–Crippen LogP) is 11.6. The zero-order valence-corrected chi connectivity index (χ0v) is 34.7. The third kappa shape index (κ3) is 29.4. The second-order valence-electron chi connectivity index (χ2n) is 15.9. The van der Waals surface area contributed by atoms with Gasteiger partial charge in [-0.2, -0.15) is 0 Å². The van der Waals surface area contributed by atoms with Crippen LogP contribution in [0.25, 0.3) is 0 Å². The van der Waals surface area contributed by atoms with Crippen LogP contribution in [-0.4, -0.2) is 74.7 Å². The Morgan fingerprint density at radius 1 is 0.654 bits per heavy atom. The Morgan fingerprint density at radius 3 is 1.71 bits per heavy atom. The van der Waals surface area contributed by atoms with Crippen molar-refractivity contribution in [3.63, 3.8) is 0 Å². The molecule has 0 saturated carbocycles. The molecule has 0 radical (unpaired) electrons. The lowest BCUT2D eigenvalue weighted by atomic mass is 9.91. The maximum absolute atomic E-state index is 12.4. The first-order valence-corrected chi connectivity index (χ1v) is 22.0. The number of ether oxygens (including phenoxy) is 2.